The van der Waals surface area contributed by atoms with Crippen molar-refractivity contribution in [3.63, 3.8) is 0 Å². The smallest absolute Gasteiger partial charge is 0.0695 e. The molecular formula is C7H16ClNO. The number of hydrogen-bond donors (Lipinski definition) is 1. The van der Waals surface area contributed by atoms with Gasteiger partial charge in [-0.15, -0.1) is 12.4 Å². The van der Waals surface area contributed by atoms with Crippen LogP contribution in [0.5, 0.6) is 0 Å². The summed E-state index contributed by atoms with van der Waals surface area (Å²) in [6.07, 6.45) is 3.26. The monoisotopic (exact) mass is 165 g/mol. The quantitative estimate of drug-likeness (QED) is 0.624. The van der Waals surface area contributed by atoms with Crippen molar-refractivity contribution in [1.29, 1.82) is 0 Å². The zero-order valence-electron chi connectivity index (χ0n) is 6.58. The van der Waals surface area contributed by atoms with Gasteiger partial charge >= 0.3 is 0 Å². The molecule has 3 heteroatoms. The lowest BCUT2D eigenvalue weighted by molar-refractivity contribution is 0.100. The van der Waals surface area contributed by atoms with Gasteiger partial charge in [0, 0.05) is 6.04 Å². The number of halogens is 1. The Morgan fingerprint density at radius 2 is 1.90 bits per heavy atom. The molecule has 0 heterocycles. The third kappa shape index (κ3) is 2.11. The minimum atomic E-state index is -0.0694. The molecule has 0 aromatic carbocycles. The Kier molecular flexibility index (Phi) is 4.25. The maximum Gasteiger partial charge on any atom is 0.0695 e. The van der Waals surface area contributed by atoms with Gasteiger partial charge in [0.15, 0.2) is 0 Å². The summed E-state index contributed by atoms with van der Waals surface area (Å²) in [5, 5.41) is 9.32. The predicted octanol–water partition coefficient (Wildman–Crippen LogP) is 0.883. The molecule has 1 aliphatic carbocycles. The van der Waals surface area contributed by atoms with E-state index in [0.29, 0.717) is 6.04 Å². The topological polar surface area (TPSA) is 23.5 Å². The summed E-state index contributed by atoms with van der Waals surface area (Å²) in [4.78, 5) is 2.11. The van der Waals surface area contributed by atoms with Crippen LogP contribution in [0.3, 0.4) is 0 Å². The van der Waals surface area contributed by atoms with Crippen molar-refractivity contribution in [3.8, 4) is 0 Å². The molecule has 62 valence electrons. The van der Waals surface area contributed by atoms with Crippen LogP contribution in [0.2, 0.25) is 0 Å². The number of nitrogens with zero attached hydrogens (tertiary/aromatic N) is 1. The van der Waals surface area contributed by atoms with Crippen molar-refractivity contribution in [2.45, 2.75) is 31.4 Å². The van der Waals surface area contributed by atoms with E-state index in [4.69, 9.17) is 0 Å². The van der Waals surface area contributed by atoms with Gasteiger partial charge in [0.2, 0.25) is 0 Å². The van der Waals surface area contributed by atoms with Crippen LogP contribution in [0.1, 0.15) is 19.3 Å². The first-order valence-electron chi connectivity index (χ1n) is 3.56. The van der Waals surface area contributed by atoms with Crippen LogP contribution in [0.4, 0.5) is 0 Å². The second-order valence-electron chi connectivity index (χ2n) is 3.03. The Hall–Kier alpha value is 0.210. The van der Waals surface area contributed by atoms with Crippen LogP contribution < -0.4 is 0 Å². The van der Waals surface area contributed by atoms with Crippen LogP contribution in [-0.2, 0) is 0 Å². The molecule has 0 aliphatic heterocycles. The molecule has 0 bridgehead atoms. The van der Waals surface area contributed by atoms with E-state index in [0.717, 1.165) is 12.8 Å². The Morgan fingerprint density at radius 1 is 1.30 bits per heavy atom. The van der Waals surface area contributed by atoms with Gasteiger partial charge in [0.05, 0.1) is 6.10 Å². The van der Waals surface area contributed by atoms with E-state index in [-0.39, 0.29) is 18.5 Å². The third-order valence-electron chi connectivity index (χ3n) is 2.11. The normalized spacial score (nSPS) is 32.4. The highest BCUT2D eigenvalue weighted by molar-refractivity contribution is 5.85. The van der Waals surface area contributed by atoms with Gasteiger partial charge < -0.3 is 10.0 Å². The first kappa shape index (κ1) is 10.2. The maximum absolute atomic E-state index is 9.32. The van der Waals surface area contributed by atoms with Crippen LogP contribution in [0.15, 0.2) is 0 Å². The van der Waals surface area contributed by atoms with Crippen molar-refractivity contribution >= 4 is 12.4 Å². The second kappa shape index (κ2) is 4.16. The largest absolute Gasteiger partial charge is 0.391 e. The fourth-order valence-corrected chi connectivity index (χ4v) is 1.52. The van der Waals surface area contributed by atoms with Gasteiger partial charge in [-0.05, 0) is 33.4 Å². The highest BCUT2D eigenvalue weighted by Gasteiger charge is 2.26. The van der Waals surface area contributed by atoms with E-state index in [1.54, 1.807) is 0 Å². The second-order valence-corrected chi connectivity index (χ2v) is 3.03. The van der Waals surface area contributed by atoms with Crippen molar-refractivity contribution in [1.82, 2.24) is 4.90 Å². The minimum Gasteiger partial charge on any atom is -0.391 e. The molecule has 0 spiro atoms. The SMILES string of the molecule is CN(C)[C@@H]1CCC[C@@H]1O.Cl. The standard InChI is InChI=1S/C7H15NO.ClH/c1-8(2)6-4-3-5-7(6)9;/h6-7,9H,3-5H2,1-2H3;1H/t6-,7+;/m1./s1. The van der Waals surface area contributed by atoms with Gasteiger partial charge in [-0.1, -0.05) is 0 Å². The zero-order chi connectivity index (χ0) is 6.85. The predicted molar refractivity (Wildman–Crippen MR) is 44.6 cm³/mol. The van der Waals surface area contributed by atoms with Crippen LogP contribution in [0, 0.1) is 0 Å². The van der Waals surface area contributed by atoms with Gasteiger partial charge in [-0.25, -0.2) is 0 Å². The zero-order valence-corrected chi connectivity index (χ0v) is 7.40. The summed E-state index contributed by atoms with van der Waals surface area (Å²) in [5.74, 6) is 0. The molecule has 0 unspecified atom stereocenters. The van der Waals surface area contributed by atoms with Crippen molar-refractivity contribution in [2.24, 2.45) is 0 Å². The van der Waals surface area contributed by atoms with Crippen molar-refractivity contribution in [2.75, 3.05) is 14.1 Å². The van der Waals surface area contributed by atoms with E-state index in [2.05, 4.69) is 4.90 Å². The molecule has 10 heavy (non-hydrogen) atoms. The van der Waals surface area contributed by atoms with Gasteiger partial charge in [0.1, 0.15) is 0 Å². The van der Waals surface area contributed by atoms with Crippen molar-refractivity contribution in [3.05, 3.63) is 0 Å². The fourth-order valence-electron chi connectivity index (χ4n) is 1.52. The number of aliphatic hydroxyl groups excluding tert-OH is 1. The summed E-state index contributed by atoms with van der Waals surface area (Å²) in [7, 11) is 4.05. The molecule has 1 saturated carbocycles. The molecule has 0 radical (unpaired) electrons. The molecule has 2 atom stereocenters. The number of aliphatic hydroxyl groups is 1. The summed E-state index contributed by atoms with van der Waals surface area (Å²) in [5.41, 5.74) is 0. The number of likely N-dealkylation sites (N-methyl/N-ethyl adjacent to an activating group) is 1. The first-order chi connectivity index (χ1) is 4.22. The third-order valence-corrected chi connectivity index (χ3v) is 2.11. The molecule has 0 aromatic heterocycles. The highest BCUT2D eigenvalue weighted by atomic mass is 35.5. The Bertz CT molecular complexity index is 97.6. The average Bonchev–Trinajstić information content (AvgIpc) is 2.13. The molecule has 1 fully saturated rings. The van der Waals surface area contributed by atoms with E-state index in [1.807, 2.05) is 14.1 Å². The van der Waals surface area contributed by atoms with E-state index < -0.39 is 0 Å². The molecule has 1 aliphatic rings. The molecule has 0 saturated heterocycles. The van der Waals surface area contributed by atoms with E-state index >= 15 is 0 Å². The lowest BCUT2D eigenvalue weighted by Gasteiger charge is -2.21. The van der Waals surface area contributed by atoms with Gasteiger partial charge in [0.25, 0.3) is 0 Å². The summed E-state index contributed by atoms with van der Waals surface area (Å²) >= 11 is 0. The number of rotatable bonds is 1. The van der Waals surface area contributed by atoms with Crippen LogP contribution >= 0.6 is 12.4 Å². The minimum absolute atomic E-state index is 0. The van der Waals surface area contributed by atoms with Gasteiger partial charge in [-0.3, -0.25) is 0 Å². The number of hydrogen-bond acceptors (Lipinski definition) is 2. The fraction of sp³-hybridized carbons (Fsp3) is 1.00. The molecule has 0 amide bonds. The van der Waals surface area contributed by atoms with Crippen LogP contribution in [0.25, 0.3) is 0 Å². The molecule has 1 rings (SSSR count). The molecule has 2 nitrogen and oxygen atoms in total. The van der Waals surface area contributed by atoms with Crippen LogP contribution in [-0.4, -0.2) is 36.2 Å². The molecular weight excluding hydrogens is 150 g/mol. The molecule has 0 aromatic rings. The summed E-state index contributed by atoms with van der Waals surface area (Å²) < 4.78 is 0. The van der Waals surface area contributed by atoms with Gasteiger partial charge in [-0.2, -0.15) is 0 Å². The Balaban J connectivity index is 0.000000810. The lowest BCUT2D eigenvalue weighted by atomic mass is 10.2. The summed E-state index contributed by atoms with van der Waals surface area (Å²) in [6, 6.07) is 0.421. The Labute approximate surface area is 68.6 Å². The Morgan fingerprint density at radius 3 is 2.10 bits per heavy atom. The molecule has 1 N–H and O–H groups in total. The lowest BCUT2D eigenvalue weighted by Crippen LogP contribution is -2.34. The highest BCUT2D eigenvalue weighted by Crippen LogP contribution is 2.21. The van der Waals surface area contributed by atoms with E-state index in [1.165, 1.54) is 6.42 Å². The summed E-state index contributed by atoms with van der Waals surface area (Å²) in [6.45, 7) is 0. The first-order valence-corrected chi connectivity index (χ1v) is 3.56. The maximum atomic E-state index is 9.32. The van der Waals surface area contributed by atoms with E-state index in [9.17, 15) is 5.11 Å². The average molecular weight is 166 g/mol. The van der Waals surface area contributed by atoms with Crippen molar-refractivity contribution < 1.29 is 5.11 Å².